The van der Waals surface area contributed by atoms with Crippen LogP contribution >= 0.6 is 15.9 Å². The van der Waals surface area contributed by atoms with E-state index in [2.05, 4.69) is 31.2 Å². The Morgan fingerprint density at radius 2 is 2.05 bits per heavy atom. The van der Waals surface area contributed by atoms with Crippen molar-refractivity contribution in [2.75, 3.05) is 5.32 Å². The van der Waals surface area contributed by atoms with Crippen LogP contribution in [0, 0.1) is 0 Å². The lowest BCUT2D eigenvalue weighted by atomic mass is 10.1. The van der Waals surface area contributed by atoms with E-state index < -0.39 is 0 Å². The van der Waals surface area contributed by atoms with Crippen LogP contribution in [0.3, 0.4) is 0 Å². The summed E-state index contributed by atoms with van der Waals surface area (Å²) in [5.41, 5.74) is 2.33. The van der Waals surface area contributed by atoms with E-state index >= 15 is 0 Å². The maximum Gasteiger partial charge on any atom is 0.253 e. The molecule has 0 aliphatic rings. The van der Waals surface area contributed by atoms with Crippen LogP contribution in [-0.2, 0) is 6.54 Å². The molecule has 20 heavy (non-hydrogen) atoms. The van der Waals surface area contributed by atoms with E-state index in [-0.39, 0.29) is 5.56 Å². The maximum absolute atomic E-state index is 12.0. The lowest BCUT2D eigenvalue weighted by molar-refractivity contribution is 1.08. The summed E-state index contributed by atoms with van der Waals surface area (Å²) < 4.78 is 0.734. The molecule has 0 fully saturated rings. The van der Waals surface area contributed by atoms with Gasteiger partial charge < -0.3 is 10.3 Å². The van der Waals surface area contributed by atoms with Crippen LogP contribution in [0.1, 0.15) is 5.56 Å². The smallest absolute Gasteiger partial charge is 0.253 e. The Morgan fingerprint density at radius 1 is 1.20 bits per heavy atom. The van der Waals surface area contributed by atoms with Gasteiger partial charge in [0.2, 0.25) is 0 Å². The van der Waals surface area contributed by atoms with Crippen molar-refractivity contribution in [3.63, 3.8) is 0 Å². The highest BCUT2D eigenvalue weighted by atomic mass is 79.9. The largest absolute Gasteiger partial charge is 0.379 e. The van der Waals surface area contributed by atoms with Gasteiger partial charge in [-0.2, -0.15) is 0 Å². The molecule has 0 unspecified atom stereocenters. The average Bonchev–Trinajstić information content (AvgIpc) is 2.46. The van der Waals surface area contributed by atoms with Gasteiger partial charge in [0.1, 0.15) is 4.60 Å². The van der Waals surface area contributed by atoms with Gasteiger partial charge in [-0.1, -0.05) is 18.2 Å². The van der Waals surface area contributed by atoms with E-state index in [1.54, 1.807) is 6.20 Å². The first-order valence-corrected chi connectivity index (χ1v) is 6.99. The molecule has 5 heteroatoms. The van der Waals surface area contributed by atoms with Crippen molar-refractivity contribution in [3.8, 4) is 0 Å². The highest BCUT2D eigenvalue weighted by molar-refractivity contribution is 9.10. The number of rotatable bonds is 3. The number of hydrogen-bond acceptors (Lipinski definition) is 3. The zero-order valence-electron chi connectivity index (χ0n) is 10.6. The lowest BCUT2D eigenvalue weighted by Gasteiger charge is -2.08. The highest BCUT2D eigenvalue weighted by Gasteiger charge is 2.04. The van der Waals surface area contributed by atoms with E-state index in [1.807, 2.05) is 42.5 Å². The number of hydrogen-bond donors (Lipinski definition) is 2. The normalized spacial score (nSPS) is 10.7. The monoisotopic (exact) mass is 329 g/mol. The highest BCUT2D eigenvalue weighted by Crippen LogP contribution is 2.19. The summed E-state index contributed by atoms with van der Waals surface area (Å²) in [6.07, 6.45) is 1.71. The number of pyridine rings is 2. The van der Waals surface area contributed by atoms with Crippen LogP contribution in [0.4, 0.5) is 5.69 Å². The third-order valence-electron chi connectivity index (χ3n) is 3.06. The Morgan fingerprint density at radius 3 is 2.90 bits per heavy atom. The minimum absolute atomic E-state index is 0.0730. The molecular weight excluding hydrogens is 318 g/mol. The van der Waals surface area contributed by atoms with E-state index in [9.17, 15) is 4.79 Å². The molecule has 0 spiro atoms. The number of aromatic nitrogens is 2. The van der Waals surface area contributed by atoms with Gasteiger partial charge in [0, 0.05) is 23.8 Å². The van der Waals surface area contributed by atoms with Crippen molar-refractivity contribution >= 4 is 32.5 Å². The molecule has 0 amide bonds. The number of aromatic amines is 1. The van der Waals surface area contributed by atoms with Gasteiger partial charge in [0.05, 0.1) is 5.69 Å². The molecule has 2 N–H and O–H groups in total. The van der Waals surface area contributed by atoms with Gasteiger partial charge in [0.15, 0.2) is 0 Å². The van der Waals surface area contributed by atoms with E-state index in [0.29, 0.717) is 12.1 Å². The van der Waals surface area contributed by atoms with Crippen molar-refractivity contribution in [1.82, 2.24) is 9.97 Å². The van der Waals surface area contributed by atoms with Crippen molar-refractivity contribution in [2.24, 2.45) is 0 Å². The third kappa shape index (κ3) is 2.58. The van der Waals surface area contributed by atoms with Crippen LogP contribution < -0.4 is 10.9 Å². The molecule has 0 saturated carbocycles. The van der Waals surface area contributed by atoms with E-state index in [0.717, 1.165) is 21.2 Å². The first-order chi connectivity index (χ1) is 9.74. The molecule has 0 saturated heterocycles. The van der Waals surface area contributed by atoms with Gasteiger partial charge in [-0.3, -0.25) is 4.79 Å². The maximum atomic E-state index is 12.0. The molecule has 0 aliphatic heterocycles. The molecule has 3 rings (SSSR count). The minimum atomic E-state index is -0.0730. The van der Waals surface area contributed by atoms with Gasteiger partial charge in [0.25, 0.3) is 5.56 Å². The number of anilines is 1. The van der Waals surface area contributed by atoms with E-state index in [1.165, 1.54) is 0 Å². The van der Waals surface area contributed by atoms with Crippen molar-refractivity contribution in [3.05, 3.63) is 69.2 Å². The lowest BCUT2D eigenvalue weighted by Crippen LogP contribution is -2.15. The third-order valence-corrected chi connectivity index (χ3v) is 3.69. The second-order valence-electron chi connectivity index (χ2n) is 4.41. The first kappa shape index (κ1) is 12.9. The van der Waals surface area contributed by atoms with Crippen LogP contribution in [0.25, 0.3) is 10.9 Å². The van der Waals surface area contributed by atoms with Crippen molar-refractivity contribution in [1.29, 1.82) is 0 Å². The second kappa shape index (κ2) is 5.46. The summed E-state index contributed by atoms with van der Waals surface area (Å²) in [7, 11) is 0. The van der Waals surface area contributed by atoms with Crippen LogP contribution in [0.15, 0.2) is 58.1 Å². The number of nitrogens with one attached hydrogen (secondary N) is 2. The standard InChI is InChI=1S/C15H12BrN3O/c16-14-13(6-3-7-17-14)18-9-11-8-10-4-1-2-5-12(10)19-15(11)20/h1-8,18H,9H2,(H,19,20). The second-order valence-corrected chi connectivity index (χ2v) is 5.16. The molecule has 2 aromatic heterocycles. The molecule has 0 radical (unpaired) electrons. The summed E-state index contributed by atoms with van der Waals surface area (Å²) in [4.78, 5) is 19.0. The molecule has 3 aromatic rings. The number of para-hydroxylation sites is 1. The number of fused-ring (bicyclic) bond motifs is 1. The Bertz CT molecular complexity index is 813. The quantitative estimate of drug-likeness (QED) is 0.725. The first-order valence-electron chi connectivity index (χ1n) is 6.19. The van der Waals surface area contributed by atoms with Gasteiger partial charge in [-0.15, -0.1) is 0 Å². The summed E-state index contributed by atoms with van der Waals surface area (Å²) >= 11 is 3.37. The Hall–Kier alpha value is -2.14. The average molecular weight is 330 g/mol. The van der Waals surface area contributed by atoms with Gasteiger partial charge in [-0.05, 0) is 45.6 Å². The summed E-state index contributed by atoms with van der Waals surface area (Å²) in [5, 5.41) is 4.23. The molecule has 4 nitrogen and oxygen atoms in total. The fourth-order valence-electron chi connectivity index (χ4n) is 2.03. The molecule has 2 heterocycles. The molecule has 0 bridgehead atoms. The van der Waals surface area contributed by atoms with Gasteiger partial charge >= 0.3 is 0 Å². The molecular formula is C15H12BrN3O. The van der Waals surface area contributed by atoms with Crippen molar-refractivity contribution < 1.29 is 0 Å². The summed E-state index contributed by atoms with van der Waals surface area (Å²) in [6.45, 7) is 0.449. The topological polar surface area (TPSA) is 57.8 Å². The van der Waals surface area contributed by atoms with Gasteiger partial charge in [-0.25, -0.2) is 4.98 Å². The number of H-pyrrole nitrogens is 1. The van der Waals surface area contributed by atoms with Crippen LogP contribution in [0.5, 0.6) is 0 Å². The van der Waals surface area contributed by atoms with E-state index in [4.69, 9.17) is 0 Å². The minimum Gasteiger partial charge on any atom is -0.379 e. The predicted octanol–water partition coefficient (Wildman–Crippen LogP) is 3.30. The Labute approximate surface area is 124 Å². The molecule has 1 aromatic carbocycles. The summed E-state index contributed by atoms with van der Waals surface area (Å²) in [6, 6.07) is 13.4. The number of nitrogens with zero attached hydrogens (tertiary/aromatic N) is 1. The Balaban J connectivity index is 1.89. The predicted molar refractivity (Wildman–Crippen MR) is 83.8 cm³/mol. The van der Waals surface area contributed by atoms with Crippen molar-refractivity contribution in [2.45, 2.75) is 6.54 Å². The zero-order valence-corrected chi connectivity index (χ0v) is 12.1. The number of benzene rings is 1. The summed E-state index contributed by atoms with van der Waals surface area (Å²) in [5.74, 6) is 0. The molecule has 100 valence electrons. The number of halogens is 1. The zero-order chi connectivity index (χ0) is 13.9. The Kier molecular flexibility index (Phi) is 3.52. The fourth-order valence-corrected chi connectivity index (χ4v) is 2.42. The molecule has 0 atom stereocenters. The fraction of sp³-hybridized carbons (Fsp3) is 0.0667. The molecule has 0 aliphatic carbocycles. The van der Waals surface area contributed by atoms with Crippen LogP contribution in [0.2, 0.25) is 0 Å². The SMILES string of the molecule is O=c1[nH]c2ccccc2cc1CNc1cccnc1Br. The van der Waals surface area contributed by atoms with Crippen LogP contribution in [-0.4, -0.2) is 9.97 Å².